The van der Waals surface area contributed by atoms with Crippen LogP contribution in [0.5, 0.6) is 0 Å². The van der Waals surface area contributed by atoms with E-state index in [1.165, 1.54) is 56.9 Å². The second-order valence-electron chi connectivity index (χ2n) is 8.21. The fraction of sp³-hybridized carbons (Fsp3) is 0.708. The highest BCUT2D eigenvalue weighted by atomic mass is 14.9. The summed E-state index contributed by atoms with van der Waals surface area (Å²) in [4.78, 5) is 0. The topological polar surface area (TPSA) is 3.01 Å². The van der Waals surface area contributed by atoms with Crippen LogP contribution in [0, 0.1) is 17.8 Å². The molecule has 0 aliphatic heterocycles. The van der Waals surface area contributed by atoms with Gasteiger partial charge in [0, 0.05) is 6.92 Å². The van der Waals surface area contributed by atoms with Crippen LogP contribution in [0.1, 0.15) is 86.0 Å². The maximum atomic E-state index is 2.60. The standard InChI is InChI=1S/C24H42N/c1-7-21(5)17-24-19-22(16-20(3)4)18-23(24)14-12-10-9-11-13-15-25(6)8-2/h8,13,15-17,22-24H,7,9-12,14,18-19H2,1-6H3/q+1/b15-13-,21-17+,25-8-. The van der Waals surface area contributed by atoms with E-state index in [-0.39, 0.29) is 0 Å². The van der Waals surface area contributed by atoms with Gasteiger partial charge in [0.05, 0.1) is 0 Å². The second-order valence-corrected chi connectivity index (χ2v) is 8.21. The Morgan fingerprint density at radius 1 is 1.04 bits per heavy atom. The second kappa shape index (κ2) is 12.3. The van der Waals surface area contributed by atoms with Crippen molar-refractivity contribution in [3.05, 3.63) is 35.6 Å². The van der Waals surface area contributed by atoms with E-state index in [1.807, 2.05) is 0 Å². The molecule has 1 rings (SSSR count). The molecule has 3 atom stereocenters. The Morgan fingerprint density at radius 3 is 2.44 bits per heavy atom. The molecular weight excluding hydrogens is 302 g/mol. The van der Waals surface area contributed by atoms with Gasteiger partial charge in [-0.2, -0.15) is 0 Å². The number of hydrogen-bond acceptors (Lipinski definition) is 0. The summed E-state index contributed by atoms with van der Waals surface area (Å²) in [6, 6.07) is 0. The van der Waals surface area contributed by atoms with E-state index in [0.29, 0.717) is 0 Å². The van der Waals surface area contributed by atoms with Crippen molar-refractivity contribution < 1.29 is 4.58 Å². The van der Waals surface area contributed by atoms with Gasteiger partial charge in [0.2, 0.25) is 0 Å². The first-order chi connectivity index (χ1) is 12.0. The predicted octanol–water partition coefficient (Wildman–Crippen LogP) is 7.15. The molecule has 1 fully saturated rings. The van der Waals surface area contributed by atoms with Crippen molar-refractivity contribution >= 4 is 6.21 Å². The third-order valence-corrected chi connectivity index (χ3v) is 5.60. The lowest BCUT2D eigenvalue weighted by Gasteiger charge is -2.17. The van der Waals surface area contributed by atoms with Crippen LogP contribution in [0.25, 0.3) is 0 Å². The van der Waals surface area contributed by atoms with Crippen LogP contribution in [-0.2, 0) is 0 Å². The normalized spacial score (nSPS) is 25.0. The Kier molecular flexibility index (Phi) is 10.8. The van der Waals surface area contributed by atoms with Crippen LogP contribution in [0.15, 0.2) is 35.6 Å². The highest BCUT2D eigenvalue weighted by Crippen LogP contribution is 2.42. The van der Waals surface area contributed by atoms with Gasteiger partial charge in [-0.3, -0.25) is 0 Å². The molecule has 0 aromatic heterocycles. The van der Waals surface area contributed by atoms with E-state index >= 15 is 0 Å². The van der Waals surface area contributed by atoms with E-state index in [0.717, 1.165) is 17.8 Å². The van der Waals surface area contributed by atoms with E-state index in [2.05, 4.69) is 76.9 Å². The molecular formula is C24H42N+. The Balaban J connectivity index is 2.42. The molecule has 0 saturated heterocycles. The van der Waals surface area contributed by atoms with E-state index in [1.54, 1.807) is 5.57 Å². The van der Waals surface area contributed by atoms with Gasteiger partial charge in [0.15, 0.2) is 6.20 Å². The van der Waals surface area contributed by atoms with Crippen LogP contribution in [0.4, 0.5) is 0 Å². The molecule has 0 N–H and O–H groups in total. The van der Waals surface area contributed by atoms with Crippen LogP contribution in [0.2, 0.25) is 0 Å². The predicted molar refractivity (Wildman–Crippen MR) is 113 cm³/mol. The van der Waals surface area contributed by atoms with Gasteiger partial charge < -0.3 is 0 Å². The summed E-state index contributed by atoms with van der Waals surface area (Å²) in [5.74, 6) is 2.53. The minimum Gasteiger partial charge on any atom is -0.212 e. The number of hydrogen-bond donors (Lipinski definition) is 0. The van der Waals surface area contributed by atoms with Gasteiger partial charge in [0.1, 0.15) is 13.3 Å². The van der Waals surface area contributed by atoms with Gasteiger partial charge >= 0.3 is 0 Å². The minimum atomic E-state index is 0.810. The molecule has 0 bridgehead atoms. The van der Waals surface area contributed by atoms with Crippen molar-refractivity contribution in [1.82, 2.24) is 0 Å². The van der Waals surface area contributed by atoms with Crippen LogP contribution >= 0.6 is 0 Å². The molecule has 0 spiro atoms. The van der Waals surface area contributed by atoms with E-state index in [9.17, 15) is 0 Å². The molecule has 0 aromatic carbocycles. The summed E-state index contributed by atoms with van der Waals surface area (Å²) in [7, 11) is 2.09. The van der Waals surface area contributed by atoms with Gasteiger partial charge in [0.25, 0.3) is 0 Å². The summed E-state index contributed by atoms with van der Waals surface area (Å²) < 4.78 is 2.12. The van der Waals surface area contributed by atoms with Gasteiger partial charge in [-0.15, -0.1) is 0 Å². The fourth-order valence-corrected chi connectivity index (χ4v) is 4.00. The summed E-state index contributed by atoms with van der Waals surface area (Å²) >= 11 is 0. The smallest absolute Gasteiger partial charge is 0.164 e. The maximum absolute atomic E-state index is 2.60. The lowest BCUT2D eigenvalue weighted by atomic mass is 9.89. The van der Waals surface area contributed by atoms with Crippen molar-refractivity contribution in [3.63, 3.8) is 0 Å². The van der Waals surface area contributed by atoms with E-state index in [4.69, 9.17) is 0 Å². The number of rotatable bonds is 10. The van der Waals surface area contributed by atoms with Gasteiger partial charge in [-0.05, 0) is 83.1 Å². The molecule has 1 nitrogen and oxygen atoms in total. The van der Waals surface area contributed by atoms with Crippen molar-refractivity contribution in [2.45, 2.75) is 86.0 Å². The zero-order chi connectivity index (χ0) is 18.7. The van der Waals surface area contributed by atoms with Crippen LogP contribution in [-0.4, -0.2) is 17.8 Å². The molecule has 142 valence electrons. The van der Waals surface area contributed by atoms with Crippen molar-refractivity contribution in [1.29, 1.82) is 0 Å². The molecule has 0 aromatic rings. The Bertz CT molecular complexity index is 488. The largest absolute Gasteiger partial charge is 0.212 e. The zero-order valence-electron chi connectivity index (χ0n) is 17.7. The zero-order valence-corrected chi connectivity index (χ0v) is 17.7. The third-order valence-electron chi connectivity index (χ3n) is 5.60. The molecule has 1 saturated carbocycles. The molecule has 0 heterocycles. The average Bonchev–Trinajstić information content (AvgIpc) is 2.93. The lowest BCUT2D eigenvalue weighted by Crippen LogP contribution is -2.05. The molecule has 0 radical (unpaired) electrons. The summed E-state index contributed by atoms with van der Waals surface area (Å²) in [5.41, 5.74) is 3.07. The van der Waals surface area contributed by atoms with E-state index < -0.39 is 0 Å². The number of nitrogens with zero attached hydrogens (tertiary/aromatic N) is 1. The number of allylic oxidation sites excluding steroid dienone is 5. The molecule has 1 aliphatic carbocycles. The lowest BCUT2D eigenvalue weighted by molar-refractivity contribution is -0.417. The molecule has 1 heteroatoms. The fourth-order valence-electron chi connectivity index (χ4n) is 4.00. The minimum absolute atomic E-state index is 0.810. The summed E-state index contributed by atoms with van der Waals surface area (Å²) in [6.45, 7) is 11.2. The van der Waals surface area contributed by atoms with Crippen molar-refractivity contribution in [2.75, 3.05) is 7.05 Å². The Labute approximate surface area is 157 Å². The summed E-state index contributed by atoms with van der Waals surface area (Å²) in [6.07, 6.45) is 22.4. The van der Waals surface area contributed by atoms with Gasteiger partial charge in [-0.25, -0.2) is 4.58 Å². The average molecular weight is 345 g/mol. The SMILES string of the molecule is C/C=[N+](C)\C=C/CCCCCC1CC(C=C(C)C)CC1/C=C(\C)CC. The Hall–Kier alpha value is -1.11. The Morgan fingerprint density at radius 2 is 1.80 bits per heavy atom. The molecule has 1 aliphatic rings. The van der Waals surface area contributed by atoms with Crippen LogP contribution < -0.4 is 0 Å². The third kappa shape index (κ3) is 9.23. The molecule has 0 amide bonds. The first kappa shape index (κ1) is 21.9. The monoisotopic (exact) mass is 344 g/mol. The summed E-state index contributed by atoms with van der Waals surface area (Å²) in [5, 5.41) is 0. The van der Waals surface area contributed by atoms with Crippen LogP contribution in [0.3, 0.4) is 0 Å². The first-order valence-electron chi connectivity index (χ1n) is 10.5. The quantitative estimate of drug-likeness (QED) is 0.171. The first-order valence-corrected chi connectivity index (χ1v) is 10.5. The highest BCUT2D eigenvalue weighted by molar-refractivity contribution is 5.46. The van der Waals surface area contributed by atoms with Crippen molar-refractivity contribution in [3.8, 4) is 0 Å². The molecule has 25 heavy (non-hydrogen) atoms. The van der Waals surface area contributed by atoms with Crippen molar-refractivity contribution in [2.24, 2.45) is 17.8 Å². The van der Waals surface area contributed by atoms with Gasteiger partial charge in [-0.1, -0.05) is 43.1 Å². The number of unbranched alkanes of at least 4 members (excludes halogenated alkanes) is 3. The molecule has 3 unspecified atom stereocenters. The maximum Gasteiger partial charge on any atom is 0.164 e. The highest BCUT2D eigenvalue weighted by Gasteiger charge is 2.31.